The van der Waals surface area contributed by atoms with Gasteiger partial charge in [0, 0.05) is 11.8 Å². The number of hydrogen-bond donors (Lipinski definition) is 1. The molecule has 1 N–H and O–H groups in total. The molecule has 2 nitrogen and oxygen atoms in total. The van der Waals surface area contributed by atoms with Crippen LogP contribution in [0.1, 0.15) is 0 Å². The van der Waals surface area contributed by atoms with Crippen molar-refractivity contribution in [3.63, 3.8) is 0 Å². The Bertz CT molecular complexity index is 424. The highest BCUT2D eigenvalue weighted by Gasteiger charge is 2.15. The summed E-state index contributed by atoms with van der Waals surface area (Å²) in [5.74, 6) is 0. The summed E-state index contributed by atoms with van der Waals surface area (Å²) in [5, 5.41) is 4.74. The van der Waals surface area contributed by atoms with Gasteiger partial charge < -0.3 is 5.32 Å². The van der Waals surface area contributed by atoms with Gasteiger partial charge in [-0.05, 0) is 35.7 Å². The van der Waals surface area contributed by atoms with E-state index in [0.29, 0.717) is 6.41 Å². The predicted molar refractivity (Wildman–Crippen MR) is 57.8 cm³/mol. The first-order valence-electron chi connectivity index (χ1n) is 4.37. The van der Waals surface area contributed by atoms with Crippen LogP contribution in [0.2, 0.25) is 0 Å². The predicted octanol–water partition coefficient (Wildman–Crippen LogP) is -0.555. The third kappa shape index (κ3) is 3.04. The normalized spacial score (nSPS) is 9.87. The number of nitrogens with one attached hydrogen (secondary N) is 1. The van der Waals surface area contributed by atoms with Gasteiger partial charge in [-0.2, -0.15) is 0 Å². The summed E-state index contributed by atoms with van der Waals surface area (Å²) in [4.78, 5) is 10.2. The Hall–Kier alpha value is -0.880. The number of rotatable bonds is 4. The lowest BCUT2D eigenvalue weighted by atomic mass is 10.3. The second kappa shape index (κ2) is 5.27. The van der Waals surface area contributed by atoms with Gasteiger partial charge in [0.15, 0.2) is 3.57 Å². The Morgan fingerprint density at radius 2 is 2.00 bits per heavy atom. The Labute approximate surface area is 103 Å². The minimum absolute atomic E-state index is 0.0539. The number of anilines is 1. The molecule has 15 heavy (non-hydrogen) atoms. The van der Waals surface area contributed by atoms with Crippen LogP contribution in [0.4, 0.5) is 5.69 Å². The smallest absolute Gasteiger partial charge is 0.329 e. The van der Waals surface area contributed by atoms with Gasteiger partial charge in [-0.25, -0.2) is 0 Å². The van der Waals surface area contributed by atoms with Gasteiger partial charge in [-0.15, -0.1) is 0 Å². The first-order valence-corrected chi connectivity index (χ1v) is 7.41. The Morgan fingerprint density at radius 3 is 2.60 bits per heavy atom. The van der Waals surface area contributed by atoms with Gasteiger partial charge in [0.25, 0.3) is 0 Å². The highest BCUT2D eigenvalue weighted by atomic mass is 127. The number of carbonyl (C=O) groups is 1. The standard InChI is InChI=1S/C11H8INOS/c14-8-13-10-5-3-9(4-6-10)12-11-2-1-7-15-11/h1-8H/p+1. The van der Waals surface area contributed by atoms with Crippen LogP contribution in [0.15, 0.2) is 41.8 Å². The molecule has 0 aliphatic heterocycles. The summed E-state index contributed by atoms with van der Waals surface area (Å²) in [5.41, 5.74) is 0.851. The third-order valence-corrected chi connectivity index (χ3v) is 5.93. The summed E-state index contributed by atoms with van der Waals surface area (Å²) < 4.78 is 2.83. The van der Waals surface area contributed by atoms with Crippen molar-refractivity contribution in [2.45, 2.75) is 0 Å². The van der Waals surface area contributed by atoms with E-state index in [1.54, 1.807) is 0 Å². The van der Waals surface area contributed by atoms with Crippen LogP contribution < -0.4 is 26.5 Å². The maximum atomic E-state index is 10.2. The van der Waals surface area contributed by atoms with E-state index in [9.17, 15) is 4.79 Å². The summed E-state index contributed by atoms with van der Waals surface area (Å²) in [7, 11) is 0. The average molecular weight is 330 g/mol. The molecular formula is C11H9INOS+. The number of benzene rings is 1. The van der Waals surface area contributed by atoms with Crippen molar-refractivity contribution in [1.82, 2.24) is 0 Å². The minimum atomic E-state index is -0.0539. The summed E-state index contributed by atoms with van der Waals surface area (Å²) in [6.07, 6.45) is 0.698. The fraction of sp³-hybridized carbons (Fsp3) is 0. The molecule has 0 unspecified atom stereocenters. The largest absolute Gasteiger partial charge is 0.369 e. The molecule has 4 heteroatoms. The second-order valence-electron chi connectivity index (χ2n) is 2.78. The molecule has 0 atom stereocenters. The van der Waals surface area contributed by atoms with Gasteiger partial charge in [-0.1, -0.05) is 11.3 Å². The second-order valence-corrected chi connectivity index (χ2v) is 7.41. The van der Waals surface area contributed by atoms with Crippen LogP contribution in [0, 0.1) is 6.45 Å². The van der Waals surface area contributed by atoms with E-state index < -0.39 is 0 Å². The molecule has 1 aromatic carbocycles. The average Bonchev–Trinajstić information content (AvgIpc) is 2.74. The van der Waals surface area contributed by atoms with Gasteiger partial charge in [-0.3, -0.25) is 4.79 Å². The van der Waals surface area contributed by atoms with Crippen molar-refractivity contribution in [1.29, 1.82) is 0 Å². The number of hydrogen-bond acceptors (Lipinski definition) is 2. The van der Waals surface area contributed by atoms with Gasteiger partial charge in [0.2, 0.25) is 9.29 Å². The van der Waals surface area contributed by atoms with Crippen molar-refractivity contribution >= 4 is 23.4 Å². The fourth-order valence-electron chi connectivity index (χ4n) is 1.10. The third-order valence-electron chi connectivity index (χ3n) is 1.76. The van der Waals surface area contributed by atoms with E-state index >= 15 is 0 Å². The van der Waals surface area contributed by atoms with Crippen LogP contribution in [-0.2, 0) is 4.79 Å². The molecule has 0 aliphatic carbocycles. The summed E-state index contributed by atoms with van der Waals surface area (Å²) >= 11 is 1.76. The highest BCUT2D eigenvalue weighted by Crippen LogP contribution is 2.03. The van der Waals surface area contributed by atoms with E-state index in [-0.39, 0.29) is 21.2 Å². The Balaban J connectivity index is 2.07. The number of thiophene rings is 1. The van der Waals surface area contributed by atoms with E-state index in [2.05, 4.69) is 35.0 Å². The molecule has 0 spiro atoms. The Kier molecular flexibility index (Phi) is 3.74. The lowest BCUT2D eigenvalue weighted by molar-refractivity contribution is -0.591. The minimum Gasteiger partial charge on any atom is -0.329 e. The zero-order chi connectivity index (χ0) is 10.5. The molecule has 1 aromatic heterocycles. The van der Waals surface area contributed by atoms with E-state index in [0.717, 1.165) is 5.69 Å². The topological polar surface area (TPSA) is 29.1 Å². The molecular weight excluding hydrogens is 321 g/mol. The molecule has 2 rings (SSSR count). The zero-order valence-electron chi connectivity index (χ0n) is 7.81. The molecule has 0 saturated heterocycles. The SMILES string of the molecule is O=CNc1ccc([I+]c2cccs2)cc1. The van der Waals surface area contributed by atoms with Gasteiger partial charge in [0.05, 0.1) is 0 Å². The van der Waals surface area contributed by atoms with Crippen LogP contribution in [0.3, 0.4) is 0 Å². The fourth-order valence-corrected chi connectivity index (χ4v) is 4.73. The van der Waals surface area contributed by atoms with Crippen molar-refractivity contribution in [2.24, 2.45) is 0 Å². The maximum Gasteiger partial charge on any atom is 0.369 e. The highest BCUT2D eigenvalue weighted by molar-refractivity contribution is 7.07. The summed E-state index contributed by atoms with van der Waals surface area (Å²) in [6, 6.07) is 12.3. The number of carbonyl (C=O) groups excluding carboxylic acids is 1. The number of amides is 1. The quantitative estimate of drug-likeness (QED) is 0.591. The molecule has 0 aliphatic rings. The maximum absolute atomic E-state index is 10.2. The van der Waals surface area contributed by atoms with Crippen LogP contribution in [-0.4, -0.2) is 6.41 Å². The molecule has 0 radical (unpaired) electrons. The molecule has 1 heterocycles. The lowest BCUT2D eigenvalue weighted by Crippen LogP contribution is -3.61. The monoisotopic (exact) mass is 330 g/mol. The van der Waals surface area contributed by atoms with Crippen molar-refractivity contribution in [2.75, 3.05) is 5.32 Å². The molecule has 0 fully saturated rings. The van der Waals surface area contributed by atoms with E-state index in [4.69, 9.17) is 0 Å². The lowest BCUT2D eigenvalue weighted by Gasteiger charge is -1.94. The summed E-state index contributed by atoms with van der Waals surface area (Å²) in [6.45, 7) is 0. The first-order chi connectivity index (χ1) is 7.38. The van der Waals surface area contributed by atoms with E-state index in [1.807, 2.05) is 23.5 Å². The van der Waals surface area contributed by atoms with Crippen LogP contribution in [0.25, 0.3) is 0 Å². The van der Waals surface area contributed by atoms with Crippen LogP contribution in [0.5, 0.6) is 0 Å². The molecule has 1 amide bonds. The van der Waals surface area contributed by atoms with Crippen molar-refractivity contribution < 1.29 is 26.0 Å². The van der Waals surface area contributed by atoms with E-state index in [1.165, 1.54) is 6.45 Å². The molecule has 2 aromatic rings. The molecule has 0 saturated carbocycles. The molecule has 76 valence electrons. The van der Waals surface area contributed by atoms with Crippen molar-refractivity contribution in [3.05, 3.63) is 48.2 Å². The number of halogens is 1. The molecule has 0 bridgehead atoms. The van der Waals surface area contributed by atoms with Gasteiger partial charge >= 0.3 is 21.2 Å². The Morgan fingerprint density at radius 1 is 1.20 bits per heavy atom. The zero-order valence-corrected chi connectivity index (χ0v) is 10.8. The van der Waals surface area contributed by atoms with Crippen LogP contribution >= 0.6 is 11.3 Å². The first kappa shape index (κ1) is 10.6. The van der Waals surface area contributed by atoms with Crippen molar-refractivity contribution in [3.8, 4) is 0 Å². The van der Waals surface area contributed by atoms with Gasteiger partial charge in [0.1, 0.15) is 0 Å².